The third kappa shape index (κ3) is 6.32. The van der Waals surface area contributed by atoms with Gasteiger partial charge in [-0.3, -0.25) is 9.59 Å². The summed E-state index contributed by atoms with van der Waals surface area (Å²) in [5.41, 5.74) is -1.26. The molecule has 3 rings (SSSR count). The number of nitrogens with zero attached hydrogens (tertiary/aromatic N) is 3. The van der Waals surface area contributed by atoms with E-state index in [0.29, 0.717) is 43.8 Å². The molecule has 3 fully saturated rings. The summed E-state index contributed by atoms with van der Waals surface area (Å²) in [7, 11) is -4.67. The lowest BCUT2D eigenvalue weighted by atomic mass is 9.95. The predicted octanol–water partition coefficient (Wildman–Crippen LogP) is 0.296. The van der Waals surface area contributed by atoms with Crippen molar-refractivity contribution in [1.29, 1.82) is 0 Å². The molecule has 2 N–H and O–H groups in total. The Labute approximate surface area is 203 Å². The molecule has 14 nitrogen and oxygen atoms in total. The third-order valence-electron chi connectivity index (χ3n) is 6.30. The maximum atomic E-state index is 12.9. The second-order valence-corrected chi connectivity index (χ2v) is 10.6. The van der Waals surface area contributed by atoms with Crippen molar-refractivity contribution in [2.45, 2.75) is 64.6 Å². The summed E-state index contributed by atoms with van der Waals surface area (Å²) in [4.78, 5) is 51.2. The van der Waals surface area contributed by atoms with Crippen molar-refractivity contribution in [2.24, 2.45) is 5.41 Å². The van der Waals surface area contributed by atoms with Gasteiger partial charge in [-0.15, -0.1) is 4.28 Å². The van der Waals surface area contributed by atoms with Crippen LogP contribution >= 0.6 is 0 Å². The highest BCUT2D eigenvalue weighted by Crippen LogP contribution is 2.31. The van der Waals surface area contributed by atoms with Crippen LogP contribution in [0.5, 0.6) is 0 Å². The van der Waals surface area contributed by atoms with Crippen LogP contribution in [0, 0.1) is 5.41 Å². The number of fused-ring (bicyclic) bond motifs is 2. The van der Waals surface area contributed by atoms with Gasteiger partial charge in [0.1, 0.15) is 6.04 Å². The number of hydrogen-bond donors (Lipinski definition) is 2. The molecule has 0 spiro atoms. The van der Waals surface area contributed by atoms with Gasteiger partial charge in [0.2, 0.25) is 5.91 Å². The first-order chi connectivity index (χ1) is 16.3. The Kier molecular flexibility index (Phi) is 8.11. The van der Waals surface area contributed by atoms with Crippen molar-refractivity contribution in [2.75, 3.05) is 32.8 Å². The van der Waals surface area contributed by atoms with Crippen molar-refractivity contribution in [3.05, 3.63) is 0 Å². The van der Waals surface area contributed by atoms with Crippen molar-refractivity contribution in [3.63, 3.8) is 0 Å². The van der Waals surface area contributed by atoms with E-state index in [4.69, 9.17) is 18.3 Å². The van der Waals surface area contributed by atoms with E-state index in [1.807, 2.05) is 0 Å². The summed E-state index contributed by atoms with van der Waals surface area (Å²) in [5.74, 6) is -1.01. The fourth-order valence-corrected chi connectivity index (χ4v) is 5.10. The minimum absolute atomic E-state index is 0.109. The lowest BCUT2D eigenvalue weighted by Gasteiger charge is -2.34. The Hall–Kier alpha value is -2.65. The first-order valence-electron chi connectivity index (χ1n) is 11.5. The largest absolute Gasteiger partial charge is 0.466 e. The molecule has 4 amide bonds. The third-order valence-corrected chi connectivity index (χ3v) is 7.05. The molecule has 35 heavy (non-hydrogen) atoms. The lowest BCUT2D eigenvalue weighted by molar-refractivity contribution is -0.155. The molecule has 0 aromatic carbocycles. The molecule has 3 saturated heterocycles. The standard InChI is InChI=1S/C20H32N4O10S/c1-4-32-17(26)20(2,3)12-33-35(30,31)34-24-14-5-6-15(23(11-14)18(24)27)16(25)21-13-7-9-22(10-8-13)19(28)29/h13-15H,4-12H2,1-3H3,(H,21,25)(H,28,29)/t14-,15-/m1/s1. The molecule has 0 saturated carbocycles. The summed E-state index contributed by atoms with van der Waals surface area (Å²) < 4.78 is 39.4. The number of urea groups is 1. The lowest BCUT2D eigenvalue weighted by Crippen LogP contribution is -2.54. The number of carboxylic acid groups (broad SMARTS) is 1. The molecule has 0 radical (unpaired) electrons. The van der Waals surface area contributed by atoms with E-state index in [9.17, 15) is 27.6 Å². The number of likely N-dealkylation sites (tertiary alicyclic amines) is 1. The summed E-state index contributed by atoms with van der Waals surface area (Å²) in [6.07, 6.45) is 0.580. The van der Waals surface area contributed by atoms with Crippen LogP contribution in [0.3, 0.4) is 0 Å². The minimum atomic E-state index is -4.67. The van der Waals surface area contributed by atoms with E-state index in [2.05, 4.69) is 5.32 Å². The second kappa shape index (κ2) is 10.5. The average Bonchev–Trinajstić information content (AvgIpc) is 3.02. The number of nitrogens with one attached hydrogen (secondary N) is 1. The van der Waals surface area contributed by atoms with Gasteiger partial charge in [0.15, 0.2) is 0 Å². The van der Waals surface area contributed by atoms with Gasteiger partial charge in [0, 0.05) is 25.7 Å². The Morgan fingerprint density at radius 1 is 1.14 bits per heavy atom. The van der Waals surface area contributed by atoms with Gasteiger partial charge in [-0.05, 0) is 46.5 Å². The second-order valence-electron chi connectivity index (χ2n) is 9.41. The SMILES string of the molecule is CCOC(=O)C(C)(C)COS(=O)(=O)ON1C(=O)N2C[C@H]1CC[C@@H]2C(=O)NC1CCN(C(=O)O)CC1. The van der Waals surface area contributed by atoms with Crippen LogP contribution in [0.1, 0.15) is 46.5 Å². The zero-order chi connectivity index (χ0) is 26.0. The first kappa shape index (κ1) is 26.9. The highest BCUT2D eigenvalue weighted by molar-refractivity contribution is 7.81. The fourth-order valence-electron chi connectivity index (χ4n) is 4.24. The van der Waals surface area contributed by atoms with Crippen LogP contribution in [0.2, 0.25) is 0 Å². The van der Waals surface area contributed by atoms with E-state index < -0.39 is 52.6 Å². The molecule has 15 heteroatoms. The minimum Gasteiger partial charge on any atom is -0.466 e. The van der Waals surface area contributed by atoms with Gasteiger partial charge in [-0.2, -0.15) is 13.5 Å². The number of ether oxygens (including phenoxy) is 1. The Morgan fingerprint density at radius 2 is 1.80 bits per heavy atom. The normalized spacial score (nSPS) is 23.4. The maximum absolute atomic E-state index is 12.9. The Bertz CT molecular complexity index is 948. The van der Waals surface area contributed by atoms with Crippen LogP contribution in [-0.2, 0) is 33.2 Å². The molecular weight excluding hydrogens is 488 g/mol. The van der Waals surface area contributed by atoms with E-state index in [-0.39, 0.29) is 25.1 Å². The van der Waals surface area contributed by atoms with E-state index in [0.717, 1.165) is 0 Å². The highest BCUT2D eigenvalue weighted by Gasteiger charge is 2.50. The maximum Gasteiger partial charge on any atom is 0.421 e. The molecule has 0 unspecified atom stereocenters. The molecule has 2 atom stereocenters. The molecule has 3 aliphatic heterocycles. The summed E-state index contributed by atoms with van der Waals surface area (Å²) in [5, 5.41) is 12.6. The number of carbonyl (C=O) groups is 4. The molecule has 198 valence electrons. The van der Waals surface area contributed by atoms with Crippen LogP contribution in [0.25, 0.3) is 0 Å². The molecule has 0 aromatic heterocycles. The zero-order valence-electron chi connectivity index (χ0n) is 20.0. The number of amides is 4. The van der Waals surface area contributed by atoms with Gasteiger partial charge in [-0.1, -0.05) is 0 Å². The van der Waals surface area contributed by atoms with E-state index in [1.165, 1.54) is 23.6 Å². The van der Waals surface area contributed by atoms with Crippen LogP contribution in [0.15, 0.2) is 0 Å². The number of hydroxylamine groups is 2. The smallest absolute Gasteiger partial charge is 0.421 e. The van der Waals surface area contributed by atoms with Crippen molar-refractivity contribution >= 4 is 34.4 Å². The fraction of sp³-hybridized carbons (Fsp3) is 0.800. The average molecular weight is 521 g/mol. The zero-order valence-corrected chi connectivity index (χ0v) is 20.8. The van der Waals surface area contributed by atoms with Gasteiger partial charge in [0.25, 0.3) is 0 Å². The molecule has 3 heterocycles. The summed E-state index contributed by atoms with van der Waals surface area (Å²) in [6, 6.07) is -2.36. The van der Waals surface area contributed by atoms with Gasteiger partial charge in [0.05, 0.1) is 24.7 Å². The van der Waals surface area contributed by atoms with E-state index >= 15 is 0 Å². The topological polar surface area (TPSA) is 172 Å². The van der Waals surface area contributed by atoms with Crippen LogP contribution in [-0.4, -0.2) is 103 Å². The van der Waals surface area contributed by atoms with Gasteiger partial charge >= 0.3 is 28.5 Å². The van der Waals surface area contributed by atoms with Gasteiger partial charge < -0.3 is 25.0 Å². The molecule has 0 aromatic rings. The molecule has 0 aliphatic carbocycles. The van der Waals surface area contributed by atoms with Gasteiger partial charge in [-0.25, -0.2) is 13.8 Å². The molecule has 3 aliphatic rings. The molecular formula is C20H32N4O10S. The summed E-state index contributed by atoms with van der Waals surface area (Å²) in [6.45, 7) is 4.83. The quantitative estimate of drug-likeness (QED) is 0.403. The summed E-state index contributed by atoms with van der Waals surface area (Å²) >= 11 is 0. The van der Waals surface area contributed by atoms with Crippen LogP contribution < -0.4 is 5.32 Å². The molecule has 2 bridgehead atoms. The number of rotatable bonds is 9. The Balaban J connectivity index is 1.55. The number of piperidine rings is 2. The van der Waals surface area contributed by atoms with E-state index in [1.54, 1.807) is 6.92 Å². The number of carbonyl (C=O) groups excluding carboxylic acids is 3. The van der Waals surface area contributed by atoms with Crippen molar-refractivity contribution in [1.82, 2.24) is 20.2 Å². The van der Waals surface area contributed by atoms with Crippen molar-refractivity contribution < 1.29 is 45.9 Å². The number of hydrogen-bond acceptors (Lipinski definition) is 9. The monoisotopic (exact) mass is 520 g/mol. The van der Waals surface area contributed by atoms with Crippen molar-refractivity contribution in [3.8, 4) is 0 Å². The highest BCUT2D eigenvalue weighted by atomic mass is 32.3. The number of esters is 1. The van der Waals surface area contributed by atoms with Crippen LogP contribution in [0.4, 0.5) is 9.59 Å². The Morgan fingerprint density at radius 3 is 2.40 bits per heavy atom. The first-order valence-corrected chi connectivity index (χ1v) is 12.8. The predicted molar refractivity (Wildman–Crippen MR) is 118 cm³/mol.